The smallest absolute Gasteiger partial charge is 0.252 e. The Bertz CT molecular complexity index is 504. The van der Waals surface area contributed by atoms with Crippen molar-refractivity contribution in [1.29, 1.82) is 0 Å². The first-order valence-electron chi connectivity index (χ1n) is 7.96. The van der Waals surface area contributed by atoms with E-state index in [0.717, 1.165) is 22.1 Å². The summed E-state index contributed by atoms with van der Waals surface area (Å²) in [6.45, 7) is 7.39. The van der Waals surface area contributed by atoms with Crippen molar-refractivity contribution >= 4 is 21.8 Å². The van der Waals surface area contributed by atoms with Crippen molar-refractivity contribution in [3.05, 3.63) is 33.8 Å². The van der Waals surface area contributed by atoms with E-state index in [-0.39, 0.29) is 5.91 Å². The number of halogens is 1. The lowest BCUT2D eigenvalue weighted by atomic mass is 9.78. The fraction of sp³-hybridized carbons (Fsp3) is 0.611. The van der Waals surface area contributed by atoms with Crippen LogP contribution in [0.25, 0.3) is 0 Å². The largest absolute Gasteiger partial charge is 0.351 e. The van der Waals surface area contributed by atoms with Crippen LogP contribution in [0.2, 0.25) is 0 Å². The molecule has 0 bridgehead atoms. The number of carbonyl (C=O) groups excluding carboxylic acids is 1. The maximum atomic E-state index is 12.4. The summed E-state index contributed by atoms with van der Waals surface area (Å²) in [6, 6.07) is 5.88. The zero-order chi connectivity index (χ0) is 15.5. The normalized spacial score (nSPS) is 17.2. The van der Waals surface area contributed by atoms with Gasteiger partial charge in [0.2, 0.25) is 0 Å². The third-order valence-corrected chi connectivity index (χ3v) is 5.15. The Morgan fingerprint density at radius 1 is 1.33 bits per heavy atom. The molecule has 0 atom stereocenters. The summed E-state index contributed by atoms with van der Waals surface area (Å²) in [5.41, 5.74) is 2.21. The molecule has 1 amide bonds. The first-order chi connectivity index (χ1) is 9.92. The van der Waals surface area contributed by atoms with Crippen molar-refractivity contribution in [3.63, 3.8) is 0 Å². The van der Waals surface area contributed by atoms with Crippen LogP contribution in [0, 0.1) is 18.3 Å². The molecule has 0 aliphatic heterocycles. The third kappa shape index (κ3) is 4.32. The number of nitrogens with one attached hydrogen (secondary N) is 1. The van der Waals surface area contributed by atoms with E-state index in [1.807, 2.05) is 25.1 Å². The fourth-order valence-electron chi connectivity index (χ4n) is 3.61. The minimum Gasteiger partial charge on any atom is -0.351 e. The average Bonchev–Trinajstić information content (AvgIpc) is 2.84. The number of rotatable bonds is 5. The molecule has 1 aliphatic rings. The Morgan fingerprint density at radius 2 is 2.00 bits per heavy atom. The number of aryl methyl sites for hydroxylation is 1. The molecule has 1 aromatic rings. The van der Waals surface area contributed by atoms with Crippen molar-refractivity contribution in [3.8, 4) is 0 Å². The number of carbonyl (C=O) groups is 1. The molecule has 0 saturated heterocycles. The summed E-state index contributed by atoms with van der Waals surface area (Å²) in [4.78, 5) is 12.4. The lowest BCUT2D eigenvalue weighted by molar-refractivity contribution is 0.0921. The molecule has 0 unspecified atom stereocenters. The number of hydrogen-bond acceptors (Lipinski definition) is 1. The van der Waals surface area contributed by atoms with Crippen LogP contribution >= 0.6 is 15.9 Å². The molecular formula is C18H26BrNO. The second-order valence-corrected chi connectivity index (χ2v) is 7.83. The van der Waals surface area contributed by atoms with Gasteiger partial charge < -0.3 is 5.32 Å². The maximum Gasteiger partial charge on any atom is 0.252 e. The van der Waals surface area contributed by atoms with E-state index in [0.29, 0.717) is 11.3 Å². The summed E-state index contributed by atoms with van der Waals surface area (Å²) in [5.74, 6) is 0.725. The van der Waals surface area contributed by atoms with Gasteiger partial charge in [0.05, 0.1) is 5.56 Å². The van der Waals surface area contributed by atoms with Gasteiger partial charge in [-0.3, -0.25) is 4.79 Å². The standard InChI is InChI=1S/C18H26BrNO/c1-13(2)11-18(8-4-5-9-18)12-20-17(21)15-7-6-14(3)10-16(15)19/h6-7,10,13H,4-5,8-9,11-12H2,1-3H3,(H,20,21). The Hall–Kier alpha value is -0.830. The number of hydrogen-bond donors (Lipinski definition) is 1. The highest BCUT2D eigenvalue weighted by molar-refractivity contribution is 9.10. The molecule has 1 aromatic carbocycles. The van der Waals surface area contributed by atoms with E-state index < -0.39 is 0 Å². The van der Waals surface area contributed by atoms with Gasteiger partial charge in [0.25, 0.3) is 5.91 Å². The summed E-state index contributed by atoms with van der Waals surface area (Å²) in [6.07, 6.45) is 6.32. The number of benzene rings is 1. The van der Waals surface area contributed by atoms with Gasteiger partial charge in [-0.1, -0.05) is 32.8 Å². The highest BCUT2D eigenvalue weighted by Gasteiger charge is 2.34. The third-order valence-electron chi connectivity index (χ3n) is 4.50. The van der Waals surface area contributed by atoms with Crippen molar-refractivity contribution in [2.75, 3.05) is 6.54 Å². The van der Waals surface area contributed by atoms with Crippen LogP contribution in [0.5, 0.6) is 0 Å². The summed E-state index contributed by atoms with van der Waals surface area (Å²) in [5, 5.41) is 3.18. The van der Waals surface area contributed by atoms with E-state index in [2.05, 4.69) is 35.1 Å². The van der Waals surface area contributed by atoms with Gasteiger partial charge in [-0.2, -0.15) is 0 Å². The quantitative estimate of drug-likeness (QED) is 0.785. The second-order valence-electron chi connectivity index (χ2n) is 6.97. The topological polar surface area (TPSA) is 29.1 Å². The molecule has 21 heavy (non-hydrogen) atoms. The van der Waals surface area contributed by atoms with E-state index in [4.69, 9.17) is 0 Å². The Balaban J connectivity index is 2.02. The lowest BCUT2D eigenvalue weighted by Gasteiger charge is -2.31. The van der Waals surface area contributed by atoms with Gasteiger partial charge in [0.1, 0.15) is 0 Å². The maximum absolute atomic E-state index is 12.4. The van der Waals surface area contributed by atoms with Crippen molar-refractivity contribution < 1.29 is 4.79 Å². The predicted molar refractivity (Wildman–Crippen MR) is 91.6 cm³/mol. The first kappa shape index (κ1) is 16.5. The molecule has 1 aliphatic carbocycles. The highest BCUT2D eigenvalue weighted by atomic mass is 79.9. The first-order valence-corrected chi connectivity index (χ1v) is 8.75. The Kier molecular flexibility index (Phi) is 5.48. The minimum atomic E-state index is 0.0388. The molecule has 0 heterocycles. The van der Waals surface area contributed by atoms with Crippen molar-refractivity contribution in [1.82, 2.24) is 5.32 Å². The summed E-state index contributed by atoms with van der Waals surface area (Å²) >= 11 is 3.49. The molecule has 0 radical (unpaired) electrons. The molecule has 3 heteroatoms. The highest BCUT2D eigenvalue weighted by Crippen LogP contribution is 2.42. The van der Waals surface area contributed by atoms with Crippen LogP contribution in [0.3, 0.4) is 0 Å². The van der Waals surface area contributed by atoms with Crippen LogP contribution in [0.4, 0.5) is 0 Å². The van der Waals surface area contributed by atoms with Crippen LogP contribution in [0.15, 0.2) is 22.7 Å². The molecule has 0 aromatic heterocycles. The van der Waals surface area contributed by atoms with Gasteiger partial charge in [-0.25, -0.2) is 0 Å². The molecule has 2 nitrogen and oxygen atoms in total. The second kappa shape index (κ2) is 6.95. The van der Waals surface area contributed by atoms with Crippen molar-refractivity contribution in [2.45, 2.75) is 52.9 Å². The zero-order valence-electron chi connectivity index (χ0n) is 13.3. The van der Waals surface area contributed by atoms with Crippen LogP contribution in [0.1, 0.15) is 61.9 Å². The summed E-state index contributed by atoms with van der Waals surface area (Å²) in [7, 11) is 0. The monoisotopic (exact) mass is 351 g/mol. The van der Waals surface area contributed by atoms with Crippen LogP contribution in [-0.4, -0.2) is 12.5 Å². The van der Waals surface area contributed by atoms with Gasteiger partial charge >= 0.3 is 0 Å². The molecular weight excluding hydrogens is 326 g/mol. The lowest BCUT2D eigenvalue weighted by Crippen LogP contribution is -2.37. The SMILES string of the molecule is Cc1ccc(C(=O)NCC2(CC(C)C)CCCC2)c(Br)c1. The molecule has 116 valence electrons. The molecule has 1 saturated carbocycles. The van der Waals surface area contributed by atoms with Gasteiger partial charge in [0, 0.05) is 11.0 Å². The summed E-state index contributed by atoms with van der Waals surface area (Å²) < 4.78 is 0.879. The fourth-order valence-corrected chi connectivity index (χ4v) is 4.28. The van der Waals surface area contributed by atoms with Crippen molar-refractivity contribution in [2.24, 2.45) is 11.3 Å². The zero-order valence-corrected chi connectivity index (χ0v) is 14.9. The molecule has 1 fully saturated rings. The van der Waals surface area contributed by atoms with Crippen LogP contribution in [-0.2, 0) is 0 Å². The van der Waals surface area contributed by atoms with Gasteiger partial charge in [0.15, 0.2) is 0 Å². The van der Waals surface area contributed by atoms with E-state index in [1.54, 1.807) is 0 Å². The Labute approximate surface area is 136 Å². The average molecular weight is 352 g/mol. The molecule has 1 N–H and O–H groups in total. The molecule has 0 spiro atoms. The van der Waals surface area contributed by atoms with E-state index >= 15 is 0 Å². The Morgan fingerprint density at radius 3 is 2.57 bits per heavy atom. The van der Waals surface area contributed by atoms with E-state index in [9.17, 15) is 4.79 Å². The van der Waals surface area contributed by atoms with Gasteiger partial charge in [-0.15, -0.1) is 0 Å². The molecule has 2 rings (SSSR count). The van der Waals surface area contributed by atoms with Crippen LogP contribution < -0.4 is 5.32 Å². The van der Waals surface area contributed by atoms with E-state index in [1.165, 1.54) is 32.1 Å². The number of amides is 1. The van der Waals surface area contributed by atoms with Gasteiger partial charge in [-0.05, 0) is 71.1 Å². The predicted octanol–water partition coefficient (Wildman–Crippen LogP) is 5.09. The minimum absolute atomic E-state index is 0.0388.